The summed E-state index contributed by atoms with van der Waals surface area (Å²) < 4.78 is 5.44. The number of phenols is 1. The van der Waals surface area contributed by atoms with Crippen LogP contribution in [0.5, 0.6) is 11.5 Å². The number of hydrogen-bond acceptors (Lipinski definition) is 3. The van der Waals surface area contributed by atoms with E-state index in [1.807, 2.05) is 18.2 Å². The first-order valence-electron chi connectivity index (χ1n) is 8.59. The first-order valence-corrected chi connectivity index (χ1v) is 8.59. The minimum absolute atomic E-state index is 0.0678. The molecule has 0 aliphatic rings. The van der Waals surface area contributed by atoms with Crippen molar-refractivity contribution in [3.8, 4) is 11.5 Å². The minimum atomic E-state index is -0.0678. The molecule has 0 atom stereocenters. The molecule has 0 bridgehead atoms. The number of carbonyl (C=O) groups is 1. The van der Waals surface area contributed by atoms with Crippen molar-refractivity contribution in [1.29, 1.82) is 0 Å². The molecule has 2 aromatic carbocycles. The fourth-order valence-corrected chi connectivity index (χ4v) is 2.74. The molecule has 0 amide bonds. The van der Waals surface area contributed by atoms with Gasteiger partial charge in [0.1, 0.15) is 18.0 Å². The molecule has 0 aliphatic heterocycles. The van der Waals surface area contributed by atoms with Crippen LogP contribution in [0.2, 0.25) is 0 Å². The Morgan fingerprint density at radius 3 is 2.56 bits per heavy atom. The maximum absolute atomic E-state index is 12.5. The Hall–Kier alpha value is -2.59. The molecule has 0 saturated carbocycles. The second-order valence-electron chi connectivity index (χ2n) is 5.95. The van der Waals surface area contributed by atoms with Crippen LogP contribution in [0.3, 0.4) is 0 Å². The third-order valence-electron chi connectivity index (χ3n) is 4.30. The molecule has 0 saturated heterocycles. The van der Waals surface area contributed by atoms with Crippen LogP contribution < -0.4 is 9.64 Å². The normalized spacial score (nSPS) is 11.2. The fraction of sp³-hybridized carbons (Fsp3) is 0.286. The summed E-state index contributed by atoms with van der Waals surface area (Å²) in [6.45, 7) is 7.18. The highest BCUT2D eigenvalue weighted by molar-refractivity contribution is 6.07. The van der Waals surface area contributed by atoms with Gasteiger partial charge in [0.15, 0.2) is 5.78 Å². The molecule has 2 rings (SSSR count). The van der Waals surface area contributed by atoms with Gasteiger partial charge in [-0.25, -0.2) is 0 Å². The smallest absolute Gasteiger partial charge is 0.185 e. The SMILES string of the molecule is CC[NH+](CC)Cc1cc(C(=O)/C=C/c2cccc(O)c2)ccc1OC. The van der Waals surface area contributed by atoms with Gasteiger partial charge in [-0.05, 0) is 55.8 Å². The van der Waals surface area contributed by atoms with E-state index in [4.69, 9.17) is 4.74 Å². The summed E-state index contributed by atoms with van der Waals surface area (Å²) in [7, 11) is 1.65. The Kier molecular flexibility index (Phi) is 6.78. The molecule has 0 fully saturated rings. The van der Waals surface area contributed by atoms with E-state index in [0.29, 0.717) is 5.56 Å². The molecule has 132 valence electrons. The number of benzene rings is 2. The van der Waals surface area contributed by atoms with Gasteiger partial charge in [-0.1, -0.05) is 18.2 Å². The lowest BCUT2D eigenvalue weighted by molar-refractivity contribution is -0.910. The van der Waals surface area contributed by atoms with Crippen LogP contribution in [0.15, 0.2) is 48.5 Å². The highest BCUT2D eigenvalue weighted by Gasteiger charge is 2.13. The third-order valence-corrected chi connectivity index (χ3v) is 4.30. The van der Waals surface area contributed by atoms with E-state index in [1.165, 1.54) is 11.0 Å². The predicted octanol–water partition coefficient (Wildman–Crippen LogP) is 2.72. The van der Waals surface area contributed by atoms with Crippen molar-refractivity contribution in [1.82, 2.24) is 0 Å². The lowest BCUT2D eigenvalue weighted by atomic mass is 10.0. The maximum Gasteiger partial charge on any atom is 0.185 e. The van der Waals surface area contributed by atoms with Crippen molar-refractivity contribution >= 4 is 11.9 Å². The van der Waals surface area contributed by atoms with Gasteiger partial charge in [-0.15, -0.1) is 0 Å². The molecule has 2 N–H and O–H groups in total. The Bertz CT molecular complexity index is 749. The number of allylic oxidation sites excluding steroid dienone is 1. The number of rotatable bonds is 8. The van der Waals surface area contributed by atoms with Gasteiger partial charge in [-0.2, -0.15) is 0 Å². The minimum Gasteiger partial charge on any atom is -0.508 e. The number of nitrogens with one attached hydrogen (secondary N) is 1. The van der Waals surface area contributed by atoms with Crippen molar-refractivity contribution in [3.05, 3.63) is 65.2 Å². The van der Waals surface area contributed by atoms with E-state index in [9.17, 15) is 9.90 Å². The number of hydrogen-bond donors (Lipinski definition) is 2. The lowest BCUT2D eigenvalue weighted by Gasteiger charge is -2.17. The number of methoxy groups -OCH3 is 1. The molecule has 0 spiro atoms. The van der Waals surface area contributed by atoms with Gasteiger partial charge in [0, 0.05) is 11.1 Å². The van der Waals surface area contributed by atoms with Gasteiger partial charge >= 0.3 is 0 Å². The average Bonchev–Trinajstić information content (AvgIpc) is 2.64. The number of ketones is 1. The van der Waals surface area contributed by atoms with Crippen LogP contribution in [0.1, 0.15) is 35.3 Å². The predicted molar refractivity (Wildman–Crippen MR) is 100 cm³/mol. The van der Waals surface area contributed by atoms with E-state index in [2.05, 4.69) is 13.8 Å². The second-order valence-corrected chi connectivity index (χ2v) is 5.95. The summed E-state index contributed by atoms with van der Waals surface area (Å²) in [5, 5.41) is 9.48. The fourth-order valence-electron chi connectivity index (χ4n) is 2.74. The molecule has 0 aromatic heterocycles. The highest BCUT2D eigenvalue weighted by atomic mass is 16.5. The lowest BCUT2D eigenvalue weighted by Crippen LogP contribution is -3.10. The van der Waals surface area contributed by atoms with Gasteiger partial charge < -0.3 is 14.7 Å². The zero-order chi connectivity index (χ0) is 18.2. The number of carbonyl (C=O) groups excluding carboxylic acids is 1. The topological polar surface area (TPSA) is 51.0 Å². The number of phenolic OH excluding ortho intramolecular Hbond substituents is 1. The van der Waals surface area contributed by atoms with Crippen molar-refractivity contribution in [3.63, 3.8) is 0 Å². The summed E-state index contributed by atoms with van der Waals surface area (Å²) in [6.07, 6.45) is 3.24. The molecule has 0 radical (unpaired) electrons. The molecular formula is C21H26NO3+. The van der Waals surface area contributed by atoms with Crippen molar-refractivity contribution in [2.45, 2.75) is 20.4 Å². The molecule has 0 unspecified atom stereocenters. The van der Waals surface area contributed by atoms with E-state index < -0.39 is 0 Å². The third kappa shape index (κ3) is 5.19. The largest absolute Gasteiger partial charge is 0.508 e. The van der Waals surface area contributed by atoms with Crippen molar-refractivity contribution in [2.24, 2.45) is 0 Å². The second kappa shape index (κ2) is 9.04. The molecular weight excluding hydrogens is 314 g/mol. The zero-order valence-corrected chi connectivity index (χ0v) is 15.1. The Labute approximate surface area is 149 Å². The molecule has 4 heteroatoms. The summed E-state index contributed by atoms with van der Waals surface area (Å²) in [5.74, 6) is 0.929. The van der Waals surface area contributed by atoms with Crippen LogP contribution in [0, 0.1) is 0 Å². The molecule has 0 heterocycles. The number of aromatic hydroxyl groups is 1. The summed E-state index contributed by atoms with van der Waals surface area (Å²) in [6, 6.07) is 12.4. The first-order chi connectivity index (χ1) is 12.1. The van der Waals surface area contributed by atoms with Gasteiger partial charge in [0.2, 0.25) is 0 Å². The molecule has 0 aliphatic carbocycles. The summed E-state index contributed by atoms with van der Waals surface area (Å²) in [4.78, 5) is 13.9. The zero-order valence-electron chi connectivity index (χ0n) is 15.1. The number of quaternary nitrogens is 1. The average molecular weight is 340 g/mol. The van der Waals surface area contributed by atoms with Crippen LogP contribution in [-0.4, -0.2) is 31.1 Å². The van der Waals surface area contributed by atoms with Crippen molar-refractivity contribution < 1.29 is 19.5 Å². The summed E-state index contributed by atoms with van der Waals surface area (Å²) >= 11 is 0. The highest BCUT2D eigenvalue weighted by Crippen LogP contribution is 2.20. The van der Waals surface area contributed by atoms with Gasteiger partial charge in [0.05, 0.1) is 20.2 Å². The molecule has 4 nitrogen and oxygen atoms in total. The van der Waals surface area contributed by atoms with E-state index in [1.54, 1.807) is 37.5 Å². The Balaban J connectivity index is 2.21. The molecule has 25 heavy (non-hydrogen) atoms. The van der Waals surface area contributed by atoms with Gasteiger partial charge in [-0.3, -0.25) is 4.79 Å². The van der Waals surface area contributed by atoms with E-state index in [-0.39, 0.29) is 11.5 Å². The first kappa shape index (κ1) is 18.7. The summed E-state index contributed by atoms with van der Waals surface area (Å²) in [5.41, 5.74) is 2.46. The Morgan fingerprint density at radius 1 is 1.16 bits per heavy atom. The van der Waals surface area contributed by atoms with Crippen molar-refractivity contribution in [2.75, 3.05) is 20.2 Å². The monoisotopic (exact) mass is 340 g/mol. The quantitative estimate of drug-likeness (QED) is 0.574. The Morgan fingerprint density at radius 2 is 1.92 bits per heavy atom. The van der Waals surface area contributed by atoms with Crippen LogP contribution in [0.4, 0.5) is 0 Å². The van der Waals surface area contributed by atoms with E-state index in [0.717, 1.165) is 36.5 Å². The maximum atomic E-state index is 12.5. The standard InChI is InChI=1S/C21H25NO3/c1-4-22(5-2)15-18-14-17(10-12-21(18)25-3)20(24)11-9-16-7-6-8-19(23)13-16/h6-14,23H,4-5,15H2,1-3H3/p+1/b11-9+. The van der Waals surface area contributed by atoms with Crippen LogP contribution in [-0.2, 0) is 6.54 Å². The van der Waals surface area contributed by atoms with Crippen LogP contribution in [0.25, 0.3) is 6.08 Å². The molecule has 2 aromatic rings. The van der Waals surface area contributed by atoms with Crippen LogP contribution >= 0.6 is 0 Å². The number of ether oxygens (including phenoxy) is 1. The van der Waals surface area contributed by atoms with E-state index >= 15 is 0 Å². The van der Waals surface area contributed by atoms with Gasteiger partial charge in [0.25, 0.3) is 0 Å².